The second kappa shape index (κ2) is 5.76. The number of amides is 1. The summed E-state index contributed by atoms with van der Waals surface area (Å²) >= 11 is 3.38. The lowest BCUT2D eigenvalue weighted by Gasteiger charge is -2.29. The molecule has 1 unspecified atom stereocenters. The van der Waals surface area contributed by atoms with E-state index in [1.807, 2.05) is 24.3 Å². The minimum absolute atomic E-state index is 0.223. The van der Waals surface area contributed by atoms with Gasteiger partial charge in [0.1, 0.15) is 11.8 Å². The van der Waals surface area contributed by atoms with Gasteiger partial charge < -0.3 is 14.9 Å². The zero-order chi connectivity index (χ0) is 14.8. The summed E-state index contributed by atoms with van der Waals surface area (Å²) in [6.07, 6.45) is 1.30. The number of carbonyl (C=O) groups excluding carboxylic acids is 1. The largest absolute Gasteiger partial charge is 0.394 e. The Hall–Kier alpha value is -1.66. The second-order valence-electron chi connectivity index (χ2n) is 4.77. The third-order valence-electron chi connectivity index (χ3n) is 3.16. The summed E-state index contributed by atoms with van der Waals surface area (Å²) in [6, 6.07) is 7.44. The number of nitrogens with one attached hydrogen (secondary N) is 1. The standard InChI is InChI=1S/C14H15BrN2O3/c1-9-12(7-20-17-9)13(19)16-14(2,8-18)10-4-3-5-11(15)6-10/h3-7,18H,8H2,1-2H3,(H,16,19). The Kier molecular flexibility index (Phi) is 4.25. The quantitative estimate of drug-likeness (QED) is 0.897. The molecular weight excluding hydrogens is 324 g/mol. The summed E-state index contributed by atoms with van der Waals surface area (Å²) in [7, 11) is 0. The van der Waals surface area contributed by atoms with E-state index in [9.17, 15) is 9.90 Å². The van der Waals surface area contributed by atoms with Crippen LogP contribution in [0.3, 0.4) is 0 Å². The van der Waals surface area contributed by atoms with Gasteiger partial charge in [0, 0.05) is 4.47 Å². The Morgan fingerprint density at radius 2 is 2.30 bits per heavy atom. The van der Waals surface area contributed by atoms with Crippen LogP contribution in [0.15, 0.2) is 39.5 Å². The van der Waals surface area contributed by atoms with Gasteiger partial charge in [-0.1, -0.05) is 33.2 Å². The van der Waals surface area contributed by atoms with Crippen LogP contribution in [0.1, 0.15) is 28.5 Å². The third-order valence-corrected chi connectivity index (χ3v) is 3.66. The van der Waals surface area contributed by atoms with E-state index in [1.165, 1.54) is 6.26 Å². The molecule has 1 atom stereocenters. The zero-order valence-corrected chi connectivity index (χ0v) is 12.8. The van der Waals surface area contributed by atoms with Crippen LogP contribution < -0.4 is 5.32 Å². The molecule has 2 rings (SSSR count). The fourth-order valence-corrected chi connectivity index (χ4v) is 2.26. The predicted octanol–water partition coefficient (Wildman–Crippen LogP) is 2.38. The van der Waals surface area contributed by atoms with Crippen molar-refractivity contribution in [2.45, 2.75) is 19.4 Å². The lowest BCUT2D eigenvalue weighted by molar-refractivity contribution is 0.0848. The Morgan fingerprint density at radius 3 is 2.85 bits per heavy atom. The lowest BCUT2D eigenvalue weighted by atomic mass is 9.92. The van der Waals surface area contributed by atoms with Crippen molar-refractivity contribution in [3.8, 4) is 0 Å². The van der Waals surface area contributed by atoms with E-state index in [0.29, 0.717) is 11.3 Å². The van der Waals surface area contributed by atoms with E-state index >= 15 is 0 Å². The smallest absolute Gasteiger partial charge is 0.257 e. The van der Waals surface area contributed by atoms with E-state index in [1.54, 1.807) is 13.8 Å². The molecule has 1 aromatic carbocycles. The highest BCUT2D eigenvalue weighted by molar-refractivity contribution is 9.10. The number of rotatable bonds is 4. The third kappa shape index (κ3) is 2.91. The molecule has 5 nitrogen and oxygen atoms in total. The number of hydrogen-bond acceptors (Lipinski definition) is 4. The Balaban J connectivity index is 2.28. The van der Waals surface area contributed by atoms with Crippen LogP contribution in [0.4, 0.5) is 0 Å². The molecule has 1 amide bonds. The van der Waals surface area contributed by atoms with Crippen LogP contribution >= 0.6 is 15.9 Å². The minimum Gasteiger partial charge on any atom is -0.394 e. The average molecular weight is 339 g/mol. The molecule has 2 N–H and O–H groups in total. The minimum atomic E-state index is -0.884. The second-order valence-corrected chi connectivity index (χ2v) is 5.68. The molecular formula is C14H15BrN2O3. The molecule has 0 spiro atoms. The number of aromatic nitrogens is 1. The van der Waals surface area contributed by atoms with Crippen molar-refractivity contribution < 1.29 is 14.4 Å². The SMILES string of the molecule is Cc1nocc1C(=O)NC(C)(CO)c1cccc(Br)c1. The van der Waals surface area contributed by atoms with Crippen molar-refractivity contribution in [3.63, 3.8) is 0 Å². The molecule has 1 aromatic heterocycles. The molecule has 0 bridgehead atoms. The molecule has 2 aromatic rings. The summed E-state index contributed by atoms with van der Waals surface area (Å²) in [5, 5.41) is 16.2. The van der Waals surface area contributed by atoms with Crippen LogP contribution in [0.25, 0.3) is 0 Å². The number of hydrogen-bond donors (Lipinski definition) is 2. The summed E-state index contributed by atoms with van der Waals surface area (Å²) in [6.45, 7) is 3.23. The average Bonchev–Trinajstić information content (AvgIpc) is 2.85. The molecule has 0 aliphatic rings. The topological polar surface area (TPSA) is 75.4 Å². The van der Waals surface area contributed by atoms with E-state index in [0.717, 1.165) is 10.0 Å². The monoisotopic (exact) mass is 338 g/mol. The fourth-order valence-electron chi connectivity index (χ4n) is 1.86. The number of halogens is 1. The van der Waals surface area contributed by atoms with Gasteiger partial charge in [0.05, 0.1) is 17.8 Å². The molecule has 0 aliphatic heterocycles. The zero-order valence-electron chi connectivity index (χ0n) is 11.2. The van der Waals surface area contributed by atoms with E-state index in [-0.39, 0.29) is 12.5 Å². The molecule has 0 saturated heterocycles. The van der Waals surface area contributed by atoms with Gasteiger partial charge in [-0.05, 0) is 31.5 Å². The molecule has 6 heteroatoms. The molecule has 0 fully saturated rings. The van der Waals surface area contributed by atoms with Gasteiger partial charge >= 0.3 is 0 Å². The Labute approximate surface area is 125 Å². The molecule has 106 valence electrons. The van der Waals surface area contributed by atoms with Crippen molar-refractivity contribution >= 4 is 21.8 Å². The van der Waals surface area contributed by atoms with Crippen LogP contribution in [-0.2, 0) is 5.54 Å². The van der Waals surface area contributed by atoms with Gasteiger partial charge in [0.15, 0.2) is 0 Å². The molecule has 0 radical (unpaired) electrons. The van der Waals surface area contributed by atoms with E-state index in [4.69, 9.17) is 4.52 Å². The van der Waals surface area contributed by atoms with E-state index < -0.39 is 5.54 Å². The lowest BCUT2D eigenvalue weighted by Crippen LogP contribution is -2.46. The van der Waals surface area contributed by atoms with Gasteiger partial charge in [0.25, 0.3) is 5.91 Å². The highest BCUT2D eigenvalue weighted by Gasteiger charge is 2.29. The summed E-state index contributed by atoms with van der Waals surface area (Å²) < 4.78 is 5.64. The van der Waals surface area contributed by atoms with Gasteiger partial charge in [-0.2, -0.15) is 0 Å². The van der Waals surface area contributed by atoms with Gasteiger partial charge in [-0.25, -0.2) is 0 Å². The first-order valence-electron chi connectivity index (χ1n) is 6.06. The summed E-state index contributed by atoms with van der Waals surface area (Å²) in [5.41, 5.74) is 0.790. The summed E-state index contributed by atoms with van der Waals surface area (Å²) in [4.78, 5) is 12.2. The maximum absolute atomic E-state index is 12.2. The highest BCUT2D eigenvalue weighted by Crippen LogP contribution is 2.24. The first-order valence-corrected chi connectivity index (χ1v) is 6.86. The van der Waals surface area contributed by atoms with E-state index in [2.05, 4.69) is 26.4 Å². The molecule has 20 heavy (non-hydrogen) atoms. The van der Waals surface area contributed by atoms with Crippen molar-refractivity contribution in [2.75, 3.05) is 6.61 Å². The fraction of sp³-hybridized carbons (Fsp3) is 0.286. The molecule has 1 heterocycles. The number of benzene rings is 1. The van der Waals surface area contributed by atoms with Gasteiger partial charge in [-0.3, -0.25) is 4.79 Å². The maximum Gasteiger partial charge on any atom is 0.257 e. The van der Waals surface area contributed by atoms with Crippen molar-refractivity contribution in [1.82, 2.24) is 10.5 Å². The van der Waals surface area contributed by atoms with Crippen LogP contribution in [-0.4, -0.2) is 22.8 Å². The first kappa shape index (κ1) is 14.7. The van der Waals surface area contributed by atoms with Crippen LogP contribution in [0.5, 0.6) is 0 Å². The number of aliphatic hydroxyl groups is 1. The highest BCUT2D eigenvalue weighted by atomic mass is 79.9. The number of aliphatic hydroxyl groups excluding tert-OH is 1. The molecule has 0 aliphatic carbocycles. The number of nitrogens with zero attached hydrogens (tertiary/aromatic N) is 1. The Morgan fingerprint density at radius 1 is 1.55 bits per heavy atom. The van der Waals surface area contributed by atoms with Crippen LogP contribution in [0, 0.1) is 6.92 Å². The maximum atomic E-state index is 12.2. The normalized spacial score (nSPS) is 13.8. The van der Waals surface area contributed by atoms with Gasteiger partial charge in [0.2, 0.25) is 0 Å². The first-order chi connectivity index (χ1) is 9.46. The number of carbonyl (C=O) groups is 1. The molecule has 0 saturated carbocycles. The summed E-state index contributed by atoms with van der Waals surface area (Å²) in [5.74, 6) is -0.333. The number of aryl methyl sites for hydroxylation is 1. The Bertz CT molecular complexity index is 626. The van der Waals surface area contributed by atoms with Crippen molar-refractivity contribution in [1.29, 1.82) is 0 Å². The van der Waals surface area contributed by atoms with Crippen molar-refractivity contribution in [3.05, 3.63) is 51.8 Å². The van der Waals surface area contributed by atoms with Crippen LogP contribution in [0.2, 0.25) is 0 Å². The predicted molar refractivity (Wildman–Crippen MR) is 77.3 cm³/mol. The van der Waals surface area contributed by atoms with Crippen molar-refractivity contribution in [2.24, 2.45) is 0 Å². The van der Waals surface area contributed by atoms with Gasteiger partial charge in [-0.15, -0.1) is 0 Å².